The van der Waals surface area contributed by atoms with Crippen LogP contribution in [0.5, 0.6) is 0 Å². The average molecular weight is 422 g/mol. The summed E-state index contributed by atoms with van der Waals surface area (Å²) in [6, 6.07) is 14.5. The summed E-state index contributed by atoms with van der Waals surface area (Å²) in [5.74, 6) is -1.47. The van der Waals surface area contributed by atoms with Gasteiger partial charge in [-0.3, -0.25) is 4.79 Å². The molecule has 2 aromatic carbocycles. The molecule has 1 amide bonds. The van der Waals surface area contributed by atoms with Crippen molar-refractivity contribution in [2.75, 3.05) is 11.1 Å². The van der Waals surface area contributed by atoms with Gasteiger partial charge >= 0.3 is 5.97 Å². The van der Waals surface area contributed by atoms with Gasteiger partial charge in [-0.25, -0.2) is 9.18 Å². The number of carbonyl (C=O) groups excluding carboxylic acids is 2. The van der Waals surface area contributed by atoms with Crippen molar-refractivity contribution in [3.63, 3.8) is 0 Å². The van der Waals surface area contributed by atoms with Gasteiger partial charge in [0.25, 0.3) is 0 Å². The van der Waals surface area contributed by atoms with Crippen molar-refractivity contribution >= 4 is 35.5 Å². The third-order valence-corrected chi connectivity index (χ3v) is 3.77. The van der Waals surface area contributed by atoms with Crippen molar-refractivity contribution in [2.24, 2.45) is 0 Å². The van der Waals surface area contributed by atoms with E-state index in [2.05, 4.69) is 25.6 Å². The van der Waals surface area contributed by atoms with Crippen LogP contribution < -0.4 is 16.4 Å². The van der Waals surface area contributed by atoms with Gasteiger partial charge in [-0.1, -0.05) is 30.3 Å². The van der Waals surface area contributed by atoms with E-state index in [0.29, 0.717) is 11.3 Å². The molecule has 0 unspecified atom stereocenters. The minimum Gasteiger partial charge on any atom is -0.453 e. The Kier molecular flexibility index (Phi) is 6.84. The predicted octanol–water partition coefficient (Wildman–Crippen LogP) is 2.56. The number of aromatic nitrogens is 3. The Labute approximate surface area is 177 Å². The summed E-state index contributed by atoms with van der Waals surface area (Å²) < 4.78 is 18.3. The Balaban J connectivity index is 1.72. The third kappa shape index (κ3) is 6.60. The molecule has 0 spiro atoms. The summed E-state index contributed by atoms with van der Waals surface area (Å²) in [7, 11) is 0. The number of rotatable bonds is 7. The lowest BCUT2D eigenvalue weighted by Crippen LogP contribution is -2.26. The molecule has 0 aliphatic carbocycles. The maximum absolute atomic E-state index is 13.0. The first-order chi connectivity index (χ1) is 14.9. The van der Waals surface area contributed by atoms with Gasteiger partial charge in [-0.15, -0.1) is 0 Å². The molecule has 1 aromatic heterocycles. The van der Waals surface area contributed by atoms with Gasteiger partial charge in [0.05, 0.1) is 0 Å². The standard InChI is InChI=1S/C21H19FN6O3/c1-13(29)24-17(11-14-5-3-2-4-6-14)19(30)31-12-18-26-20(23)28-21(27-18)25-16-9-7-15(22)8-10-16/h2-11H,12H2,1H3,(H,24,29)(H3,23,25,26,27,28)/b17-11-. The van der Waals surface area contributed by atoms with Gasteiger partial charge in [0, 0.05) is 12.6 Å². The highest BCUT2D eigenvalue weighted by Gasteiger charge is 2.15. The van der Waals surface area contributed by atoms with E-state index in [-0.39, 0.29) is 35.8 Å². The van der Waals surface area contributed by atoms with Crippen molar-refractivity contribution in [1.29, 1.82) is 0 Å². The second-order valence-electron chi connectivity index (χ2n) is 6.29. The van der Waals surface area contributed by atoms with Gasteiger partial charge in [-0.2, -0.15) is 15.0 Å². The van der Waals surface area contributed by atoms with Crippen LogP contribution in [0.15, 0.2) is 60.3 Å². The van der Waals surface area contributed by atoms with Crippen LogP contribution >= 0.6 is 0 Å². The number of halogens is 1. The van der Waals surface area contributed by atoms with E-state index in [1.165, 1.54) is 37.3 Å². The molecule has 0 saturated carbocycles. The molecule has 9 nitrogen and oxygen atoms in total. The second-order valence-corrected chi connectivity index (χ2v) is 6.29. The summed E-state index contributed by atoms with van der Waals surface area (Å²) in [5.41, 5.74) is 6.91. The van der Waals surface area contributed by atoms with E-state index in [4.69, 9.17) is 10.5 Å². The van der Waals surface area contributed by atoms with E-state index in [9.17, 15) is 14.0 Å². The number of nitrogens with zero attached hydrogens (tertiary/aromatic N) is 3. The molecule has 0 saturated heterocycles. The minimum absolute atomic E-state index is 0.0367. The number of nitrogen functional groups attached to an aromatic ring is 1. The van der Waals surface area contributed by atoms with Crippen molar-refractivity contribution in [3.8, 4) is 0 Å². The smallest absolute Gasteiger partial charge is 0.355 e. The molecular formula is C21H19FN6O3. The molecule has 4 N–H and O–H groups in total. The lowest BCUT2D eigenvalue weighted by molar-refractivity contribution is -0.141. The highest BCUT2D eigenvalue weighted by Crippen LogP contribution is 2.15. The lowest BCUT2D eigenvalue weighted by atomic mass is 10.2. The molecule has 0 aliphatic heterocycles. The Hall–Kier alpha value is -4.34. The molecule has 0 bridgehead atoms. The van der Waals surface area contributed by atoms with Crippen LogP contribution in [0.2, 0.25) is 0 Å². The maximum Gasteiger partial charge on any atom is 0.355 e. The molecule has 0 fully saturated rings. The first-order valence-corrected chi connectivity index (χ1v) is 9.13. The summed E-state index contributed by atoms with van der Waals surface area (Å²) >= 11 is 0. The summed E-state index contributed by atoms with van der Waals surface area (Å²) in [5, 5.41) is 5.31. The van der Waals surface area contributed by atoms with Gasteiger partial charge in [0.1, 0.15) is 11.5 Å². The van der Waals surface area contributed by atoms with Crippen molar-refractivity contribution in [3.05, 3.63) is 77.5 Å². The predicted molar refractivity (Wildman–Crippen MR) is 112 cm³/mol. The van der Waals surface area contributed by atoms with E-state index in [0.717, 1.165) is 0 Å². The first-order valence-electron chi connectivity index (χ1n) is 9.13. The van der Waals surface area contributed by atoms with Crippen LogP contribution in [0.4, 0.5) is 22.0 Å². The van der Waals surface area contributed by atoms with Crippen molar-refractivity contribution < 1.29 is 18.7 Å². The van der Waals surface area contributed by atoms with Crippen LogP contribution in [-0.4, -0.2) is 26.8 Å². The number of nitrogens with one attached hydrogen (secondary N) is 2. The number of nitrogens with two attached hydrogens (primary N) is 1. The zero-order chi connectivity index (χ0) is 22.2. The monoisotopic (exact) mass is 422 g/mol. The molecule has 3 rings (SSSR count). The fraction of sp³-hybridized carbons (Fsp3) is 0.0952. The SMILES string of the molecule is CC(=O)N/C(=C\c1ccccc1)C(=O)OCc1nc(N)nc(Nc2ccc(F)cc2)n1. The summed E-state index contributed by atoms with van der Waals surface area (Å²) in [4.78, 5) is 36.0. The van der Waals surface area contributed by atoms with Gasteiger partial charge in [-0.05, 0) is 35.9 Å². The fourth-order valence-corrected chi connectivity index (χ4v) is 2.48. The van der Waals surface area contributed by atoms with Crippen LogP contribution in [0.1, 0.15) is 18.3 Å². The number of hydrogen-bond donors (Lipinski definition) is 3. The largest absolute Gasteiger partial charge is 0.453 e. The van der Waals surface area contributed by atoms with Crippen molar-refractivity contribution in [2.45, 2.75) is 13.5 Å². The van der Waals surface area contributed by atoms with E-state index >= 15 is 0 Å². The van der Waals surface area contributed by atoms with Crippen molar-refractivity contribution in [1.82, 2.24) is 20.3 Å². The van der Waals surface area contributed by atoms with Crippen LogP contribution in [-0.2, 0) is 20.9 Å². The molecule has 0 aliphatic rings. The molecule has 3 aromatic rings. The fourth-order valence-electron chi connectivity index (χ4n) is 2.48. The molecule has 31 heavy (non-hydrogen) atoms. The zero-order valence-corrected chi connectivity index (χ0v) is 16.5. The molecule has 0 atom stereocenters. The third-order valence-electron chi connectivity index (χ3n) is 3.77. The van der Waals surface area contributed by atoms with Crippen LogP contribution in [0.3, 0.4) is 0 Å². The Morgan fingerprint density at radius 3 is 2.45 bits per heavy atom. The van der Waals surface area contributed by atoms with Gasteiger partial charge in [0.15, 0.2) is 12.4 Å². The van der Waals surface area contributed by atoms with E-state index in [1.807, 2.05) is 6.07 Å². The van der Waals surface area contributed by atoms with Crippen LogP contribution in [0, 0.1) is 5.82 Å². The first kappa shape index (κ1) is 21.4. The number of amides is 1. The molecule has 0 radical (unpaired) electrons. The molecule has 1 heterocycles. The highest BCUT2D eigenvalue weighted by molar-refractivity contribution is 5.97. The van der Waals surface area contributed by atoms with Gasteiger partial charge < -0.3 is 21.1 Å². The Morgan fingerprint density at radius 1 is 1.06 bits per heavy atom. The Bertz CT molecular complexity index is 1100. The molecule has 158 valence electrons. The number of hydrogen-bond acceptors (Lipinski definition) is 8. The topological polar surface area (TPSA) is 132 Å². The normalized spacial score (nSPS) is 11.0. The molecular weight excluding hydrogens is 403 g/mol. The number of ether oxygens (including phenoxy) is 1. The zero-order valence-electron chi connectivity index (χ0n) is 16.5. The number of esters is 1. The van der Waals surface area contributed by atoms with Gasteiger partial charge in [0.2, 0.25) is 17.8 Å². The van der Waals surface area contributed by atoms with E-state index in [1.54, 1.807) is 24.3 Å². The number of anilines is 3. The second kappa shape index (κ2) is 9.92. The average Bonchev–Trinajstić information content (AvgIpc) is 2.73. The lowest BCUT2D eigenvalue weighted by Gasteiger charge is -2.10. The highest BCUT2D eigenvalue weighted by atomic mass is 19.1. The Morgan fingerprint density at radius 2 is 1.77 bits per heavy atom. The number of benzene rings is 2. The number of carbonyl (C=O) groups is 2. The summed E-state index contributed by atoms with van der Waals surface area (Å²) in [6.45, 7) is 0.974. The minimum atomic E-state index is -0.772. The van der Waals surface area contributed by atoms with E-state index < -0.39 is 11.9 Å². The summed E-state index contributed by atoms with van der Waals surface area (Å²) in [6.07, 6.45) is 1.49. The quantitative estimate of drug-likeness (QED) is 0.391. The maximum atomic E-state index is 13.0. The molecule has 10 heteroatoms. The van der Waals surface area contributed by atoms with Crippen LogP contribution in [0.25, 0.3) is 6.08 Å².